The van der Waals surface area contributed by atoms with Crippen molar-refractivity contribution in [1.82, 2.24) is 0 Å². The van der Waals surface area contributed by atoms with E-state index in [0.717, 1.165) is 12.0 Å². The first kappa shape index (κ1) is 7.81. The average molecular weight is 162 g/mol. The van der Waals surface area contributed by atoms with Gasteiger partial charge < -0.3 is 5.11 Å². The van der Waals surface area contributed by atoms with Crippen molar-refractivity contribution in [3.63, 3.8) is 0 Å². The van der Waals surface area contributed by atoms with E-state index in [9.17, 15) is 5.11 Å². The Morgan fingerprint density at radius 2 is 2.25 bits per heavy atom. The Hall–Kier alpha value is -0.820. The quantitative estimate of drug-likeness (QED) is 0.584. The molecule has 4 atom stereocenters. The summed E-state index contributed by atoms with van der Waals surface area (Å²) < 4.78 is 0. The van der Waals surface area contributed by atoms with Gasteiger partial charge in [0.25, 0.3) is 0 Å². The second kappa shape index (κ2) is 2.60. The van der Waals surface area contributed by atoms with Crippen LogP contribution in [0.5, 0.6) is 0 Å². The highest BCUT2D eigenvalue weighted by atomic mass is 16.3. The van der Waals surface area contributed by atoms with E-state index in [2.05, 4.69) is 25.3 Å². The zero-order chi connectivity index (χ0) is 8.72. The highest BCUT2D eigenvalue weighted by Crippen LogP contribution is 2.43. The first-order valence-electron chi connectivity index (χ1n) is 4.41. The topological polar surface area (TPSA) is 20.2 Å². The molecule has 3 aliphatic rings. The summed E-state index contributed by atoms with van der Waals surface area (Å²) >= 11 is 0. The van der Waals surface area contributed by atoms with Crippen molar-refractivity contribution in [1.29, 1.82) is 0 Å². The molecule has 1 nitrogen and oxygen atoms in total. The van der Waals surface area contributed by atoms with E-state index < -0.39 is 0 Å². The summed E-state index contributed by atoms with van der Waals surface area (Å²) in [5.74, 6) is 1.06. The molecule has 1 saturated carbocycles. The van der Waals surface area contributed by atoms with Gasteiger partial charge in [0.05, 0.1) is 6.10 Å². The van der Waals surface area contributed by atoms with Crippen molar-refractivity contribution in [2.75, 3.05) is 0 Å². The second-order valence-corrected chi connectivity index (χ2v) is 3.72. The Morgan fingerprint density at radius 3 is 2.83 bits per heavy atom. The number of aliphatic hydroxyl groups excluding tert-OH is 1. The van der Waals surface area contributed by atoms with Crippen LogP contribution in [-0.2, 0) is 0 Å². The third-order valence-corrected chi connectivity index (χ3v) is 3.11. The van der Waals surface area contributed by atoms with Gasteiger partial charge in [-0.05, 0) is 17.9 Å². The number of allylic oxidation sites excluding steroid dienone is 2. The van der Waals surface area contributed by atoms with Crippen LogP contribution in [0.4, 0.5) is 0 Å². The summed E-state index contributed by atoms with van der Waals surface area (Å²) in [6.07, 6.45) is 6.98. The van der Waals surface area contributed by atoms with Gasteiger partial charge in [-0.2, -0.15) is 0 Å². The van der Waals surface area contributed by atoms with Gasteiger partial charge in [0, 0.05) is 11.8 Å². The maximum absolute atomic E-state index is 9.77. The van der Waals surface area contributed by atoms with E-state index >= 15 is 0 Å². The van der Waals surface area contributed by atoms with Crippen LogP contribution in [0.2, 0.25) is 0 Å². The molecule has 0 radical (unpaired) electrons. The fourth-order valence-corrected chi connectivity index (χ4v) is 2.27. The van der Waals surface area contributed by atoms with Crippen LogP contribution < -0.4 is 0 Å². The van der Waals surface area contributed by atoms with Gasteiger partial charge in [0.15, 0.2) is 0 Å². The smallest absolute Gasteiger partial charge is 0.0821 e. The van der Waals surface area contributed by atoms with Crippen molar-refractivity contribution in [3.8, 4) is 0 Å². The highest BCUT2D eigenvalue weighted by Gasteiger charge is 2.38. The summed E-state index contributed by atoms with van der Waals surface area (Å²) in [7, 11) is 0. The van der Waals surface area contributed by atoms with E-state index in [-0.39, 0.29) is 12.0 Å². The van der Waals surface area contributed by atoms with Gasteiger partial charge in [-0.3, -0.25) is 0 Å². The lowest BCUT2D eigenvalue weighted by Crippen LogP contribution is -2.39. The molecule has 0 heterocycles. The molecular formula is C11H14O. The summed E-state index contributed by atoms with van der Waals surface area (Å²) in [4.78, 5) is 0. The summed E-state index contributed by atoms with van der Waals surface area (Å²) in [5.41, 5.74) is 0.987. The van der Waals surface area contributed by atoms with Gasteiger partial charge in [-0.15, -0.1) is 6.58 Å². The molecule has 0 aromatic carbocycles. The Kier molecular flexibility index (Phi) is 1.69. The largest absolute Gasteiger partial charge is 0.388 e. The van der Waals surface area contributed by atoms with Crippen LogP contribution in [0.25, 0.3) is 0 Å². The maximum Gasteiger partial charge on any atom is 0.0821 e. The lowest BCUT2D eigenvalue weighted by Gasteiger charge is -2.41. The predicted octanol–water partition coefficient (Wildman–Crippen LogP) is 1.91. The summed E-state index contributed by atoms with van der Waals surface area (Å²) in [6, 6.07) is 0. The normalized spacial score (nSPS) is 44.9. The number of aliphatic hydroxyl groups is 1. The van der Waals surface area contributed by atoms with Crippen molar-refractivity contribution in [3.05, 3.63) is 37.0 Å². The fourth-order valence-electron chi connectivity index (χ4n) is 2.27. The van der Waals surface area contributed by atoms with Gasteiger partial charge >= 0.3 is 0 Å². The van der Waals surface area contributed by atoms with Gasteiger partial charge in [-0.25, -0.2) is 0 Å². The van der Waals surface area contributed by atoms with Gasteiger partial charge in [0.2, 0.25) is 0 Å². The first-order chi connectivity index (χ1) is 5.74. The Bertz CT molecular complexity index is 250. The van der Waals surface area contributed by atoms with Crippen LogP contribution in [0.15, 0.2) is 37.0 Å². The minimum Gasteiger partial charge on any atom is -0.388 e. The van der Waals surface area contributed by atoms with Gasteiger partial charge in [0.1, 0.15) is 0 Å². The Morgan fingerprint density at radius 1 is 1.50 bits per heavy atom. The molecule has 12 heavy (non-hydrogen) atoms. The van der Waals surface area contributed by atoms with E-state index in [1.807, 2.05) is 6.08 Å². The molecule has 3 aliphatic carbocycles. The van der Waals surface area contributed by atoms with E-state index in [4.69, 9.17) is 0 Å². The molecule has 0 unspecified atom stereocenters. The molecule has 1 fully saturated rings. The summed E-state index contributed by atoms with van der Waals surface area (Å²) in [6.45, 7) is 7.70. The molecule has 0 aliphatic heterocycles. The first-order valence-corrected chi connectivity index (χ1v) is 4.41. The SMILES string of the molecule is C=C[C@H]1C[C@H]2C=C[C@@H]1[C@H](O)C2=C. The van der Waals surface area contributed by atoms with E-state index in [1.165, 1.54) is 0 Å². The van der Waals surface area contributed by atoms with Crippen LogP contribution in [0.3, 0.4) is 0 Å². The molecule has 1 N–H and O–H groups in total. The minimum absolute atomic E-state index is 0.236. The molecule has 0 aromatic heterocycles. The zero-order valence-electron chi connectivity index (χ0n) is 7.11. The number of hydrogen-bond donors (Lipinski definition) is 1. The lowest BCUT2D eigenvalue weighted by atomic mass is 9.65. The van der Waals surface area contributed by atoms with Crippen molar-refractivity contribution in [2.45, 2.75) is 12.5 Å². The molecule has 2 bridgehead atoms. The van der Waals surface area contributed by atoms with E-state index in [1.54, 1.807) is 0 Å². The second-order valence-electron chi connectivity index (χ2n) is 3.72. The zero-order valence-corrected chi connectivity index (χ0v) is 7.11. The van der Waals surface area contributed by atoms with Crippen LogP contribution in [0.1, 0.15) is 6.42 Å². The number of rotatable bonds is 1. The molecule has 0 spiro atoms. The highest BCUT2D eigenvalue weighted by molar-refractivity contribution is 5.28. The molecule has 0 aromatic rings. The number of hydrogen-bond acceptors (Lipinski definition) is 1. The van der Waals surface area contributed by atoms with Crippen LogP contribution >= 0.6 is 0 Å². The molecule has 64 valence electrons. The van der Waals surface area contributed by atoms with Crippen LogP contribution in [-0.4, -0.2) is 11.2 Å². The molecule has 0 amide bonds. The lowest BCUT2D eigenvalue weighted by molar-refractivity contribution is 0.0963. The predicted molar refractivity (Wildman–Crippen MR) is 49.6 cm³/mol. The molecule has 3 rings (SSSR count). The van der Waals surface area contributed by atoms with E-state index in [0.29, 0.717) is 11.8 Å². The molecular weight excluding hydrogens is 148 g/mol. The van der Waals surface area contributed by atoms with Gasteiger partial charge in [-0.1, -0.05) is 24.8 Å². The van der Waals surface area contributed by atoms with Crippen molar-refractivity contribution >= 4 is 0 Å². The number of fused-ring (bicyclic) bond motifs is 2. The standard InChI is InChI=1S/C11H14O/c1-3-8-6-9-4-5-10(8)11(12)7(9)2/h3-5,8-12H,1-2,6H2/t8-,9+,10-,11+/m0/s1. The summed E-state index contributed by atoms with van der Waals surface area (Å²) in [5, 5.41) is 9.77. The minimum atomic E-state index is -0.336. The Labute approximate surface area is 73.1 Å². The molecule has 0 saturated heterocycles. The van der Waals surface area contributed by atoms with Crippen LogP contribution in [0, 0.1) is 17.8 Å². The monoisotopic (exact) mass is 162 g/mol. The van der Waals surface area contributed by atoms with Crippen molar-refractivity contribution in [2.24, 2.45) is 17.8 Å². The third kappa shape index (κ3) is 0.896. The van der Waals surface area contributed by atoms with Crippen molar-refractivity contribution < 1.29 is 5.11 Å². The fraction of sp³-hybridized carbons (Fsp3) is 0.455. The Balaban J connectivity index is 2.32. The maximum atomic E-state index is 9.77. The third-order valence-electron chi connectivity index (χ3n) is 3.11. The average Bonchev–Trinajstić information content (AvgIpc) is 2.12. The molecule has 1 heteroatoms.